The fourth-order valence-electron chi connectivity index (χ4n) is 2.66. The van der Waals surface area contributed by atoms with Gasteiger partial charge in [-0.15, -0.1) is 0 Å². The van der Waals surface area contributed by atoms with Crippen LogP contribution < -0.4 is 19.8 Å². The second kappa shape index (κ2) is 7.26. The summed E-state index contributed by atoms with van der Waals surface area (Å²) in [5.74, 6) is 0.158. The molecule has 0 spiro atoms. The number of hydrogen-bond acceptors (Lipinski definition) is 6. The van der Waals surface area contributed by atoms with Crippen molar-refractivity contribution >= 4 is 16.7 Å². The minimum Gasteiger partial charge on any atom is -0.493 e. The van der Waals surface area contributed by atoms with E-state index in [-0.39, 0.29) is 17.0 Å². The highest BCUT2D eigenvalue weighted by atomic mass is 16.6. The summed E-state index contributed by atoms with van der Waals surface area (Å²) in [5, 5.41) is 5.01. The molecule has 0 amide bonds. The quantitative estimate of drug-likeness (QED) is 0.518. The first kappa shape index (κ1) is 17.5. The number of ether oxygens (including phenoxy) is 3. The number of hydrogen-bond donors (Lipinski definition) is 0. The van der Waals surface area contributed by atoms with Gasteiger partial charge in [-0.1, -0.05) is 24.3 Å². The first-order valence-corrected chi connectivity index (χ1v) is 8.03. The molecular weight excluding hydrogens is 336 g/mol. The zero-order chi connectivity index (χ0) is 18.7. The zero-order valence-corrected chi connectivity index (χ0v) is 14.7. The molecule has 7 heteroatoms. The summed E-state index contributed by atoms with van der Waals surface area (Å²) in [7, 11) is 2.94. The predicted octanol–water partition coefficient (Wildman–Crippen LogP) is 2.65. The lowest BCUT2D eigenvalue weighted by Crippen LogP contribution is -2.26. The van der Waals surface area contributed by atoms with Gasteiger partial charge in [0.25, 0.3) is 5.56 Å². The summed E-state index contributed by atoms with van der Waals surface area (Å²) in [6, 6.07) is 11.8. The fraction of sp³-hybridized carbons (Fsp3) is 0.211. The Bertz CT molecular complexity index is 1000. The number of aromatic nitrogens is 2. The maximum atomic E-state index is 12.8. The largest absolute Gasteiger partial charge is 0.493 e. The molecule has 0 aliphatic carbocycles. The predicted molar refractivity (Wildman–Crippen MR) is 96.2 cm³/mol. The van der Waals surface area contributed by atoms with Crippen molar-refractivity contribution in [3.8, 4) is 17.2 Å². The van der Waals surface area contributed by atoms with Gasteiger partial charge in [0.1, 0.15) is 0 Å². The number of para-hydroxylation sites is 1. The van der Waals surface area contributed by atoms with Crippen molar-refractivity contribution < 1.29 is 19.0 Å². The van der Waals surface area contributed by atoms with E-state index in [1.807, 2.05) is 0 Å². The number of carbonyl (C=O) groups excluding carboxylic acids is 1. The standard InChI is InChI=1S/C19H18N2O5/c1-4-21-18(22)13-9-6-5-8-12(13)16(20-21)19(23)26-17-14(24-2)10-7-11-15(17)25-3/h5-11H,4H2,1-3H3. The van der Waals surface area contributed by atoms with E-state index in [1.165, 1.54) is 18.9 Å². The molecule has 0 aliphatic rings. The second-order valence-corrected chi connectivity index (χ2v) is 5.40. The van der Waals surface area contributed by atoms with Crippen LogP contribution in [0.5, 0.6) is 17.2 Å². The SMILES string of the molecule is CCn1nc(C(=O)Oc2c(OC)cccc2OC)c2ccccc2c1=O. The van der Waals surface area contributed by atoms with Crippen molar-refractivity contribution in [2.75, 3.05) is 14.2 Å². The number of esters is 1. The number of aryl methyl sites for hydroxylation is 1. The summed E-state index contributed by atoms with van der Waals surface area (Å²) >= 11 is 0. The monoisotopic (exact) mass is 354 g/mol. The van der Waals surface area contributed by atoms with Crippen molar-refractivity contribution in [2.45, 2.75) is 13.5 Å². The molecule has 3 aromatic rings. The van der Waals surface area contributed by atoms with Gasteiger partial charge in [0.2, 0.25) is 5.75 Å². The van der Waals surface area contributed by atoms with Crippen LogP contribution in [-0.4, -0.2) is 30.0 Å². The zero-order valence-electron chi connectivity index (χ0n) is 14.7. The molecule has 1 aromatic heterocycles. The lowest BCUT2D eigenvalue weighted by Gasteiger charge is -2.13. The summed E-state index contributed by atoms with van der Waals surface area (Å²) in [6.07, 6.45) is 0. The van der Waals surface area contributed by atoms with Crippen LogP contribution in [0.25, 0.3) is 10.8 Å². The summed E-state index contributed by atoms with van der Waals surface area (Å²) < 4.78 is 17.2. The van der Waals surface area contributed by atoms with Gasteiger partial charge < -0.3 is 14.2 Å². The first-order valence-electron chi connectivity index (χ1n) is 8.03. The molecule has 0 saturated heterocycles. The lowest BCUT2D eigenvalue weighted by molar-refractivity contribution is 0.0717. The molecule has 0 saturated carbocycles. The fourth-order valence-corrected chi connectivity index (χ4v) is 2.66. The molecule has 0 bridgehead atoms. The van der Waals surface area contributed by atoms with Crippen LogP contribution in [0.15, 0.2) is 47.3 Å². The Morgan fingerprint density at radius 1 is 1.00 bits per heavy atom. The van der Waals surface area contributed by atoms with Gasteiger partial charge in [-0.25, -0.2) is 9.48 Å². The molecule has 7 nitrogen and oxygen atoms in total. The van der Waals surface area contributed by atoms with Crippen molar-refractivity contribution in [2.24, 2.45) is 0 Å². The van der Waals surface area contributed by atoms with Crippen LogP contribution in [0.3, 0.4) is 0 Å². The molecular formula is C19H18N2O5. The van der Waals surface area contributed by atoms with E-state index >= 15 is 0 Å². The van der Waals surface area contributed by atoms with Crippen molar-refractivity contribution in [3.05, 3.63) is 58.5 Å². The number of fused-ring (bicyclic) bond motifs is 1. The number of nitrogens with zero attached hydrogens (tertiary/aromatic N) is 2. The lowest BCUT2D eigenvalue weighted by atomic mass is 10.1. The Balaban J connectivity index is 2.13. The molecule has 0 radical (unpaired) electrons. The Morgan fingerprint density at radius 2 is 1.62 bits per heavy atom. The molecule has 0 aliphatic heterocycles. The van der Waals surface area contributed by atoms with E-state index in [9.17, 15) is 9.59 Å². The molecule has 26 heavy (non-hydrogen) atoms. The average molecular weight is 354 g/mol. The van der Waals surface area contributed by atoms with E-state index in [1.54, 1.807) is 49.4 Å². The highest BCUT2D eigenvalue weighted by Gasteiger charge is 2.22. The number of carbonyl (C=O) groups is 1. The van der Waals surface area contributed by atoms with Crippen LogP contribution in [0.2, 0.25) is 0 Å². The Hall–Kier alpha value is -3.35. The molecule has 0 atom stereocenters. The first-order chi connectivity index (χ1) is 12.6. The van der Waals surface area contributed by atoms with E-state index in [2.05, 4.69) is 5.10 Å². The highest BCUT2D eigenvalue weighted by molar-refractivity contribution is 6.03. The van der Waals surface area contributed by atoms with Crippen LogP contribution in [0, 0.1) is 0 Å². The number of benzene rings is 2. The minimum atomic E-state index is -0.703. The van der Waals surface area contributed by atoms with Gasteiger partial charge >= 0.3 is 5.97 Å². The van der Waals surface area contributed by atoms with Crippen LogP contribution in [0.4, 0.5) is 0 Å². The van der Waals surface area contributed by atoms with E-state index in [0.29, 0.717) is 28.8 Å². The average Bonchev–Trinajstić information content (AvgIpc) is 2.68. The third-order valence-corrected chi connectivity index (χ3v) is 3.94. The van der Waals surface area contributed by atoms with Crippen LogP contribution in [-0.2, 0) is 6.54 Å². The van der Waals surface area contributed by atoms with E-state index < -0.39 is 5.97 Å². The molecule has 3 rings (SSSR count). The number of methoxy groups -OCH3 is 2. The third kappa shape index (κ3) is 2.99. The summed E-state index contributed by atoms with van der Waals surface area (Å²) in [4.78, 5) is 25.2. The molecule has 1 heterocycles. The molecule has 2 aromatic carbocycles. The van der Waals surface area contributed by atoms with Crippen LogP contribution >= 0.6 is 0 Å². The second-order valence-electron chi connectivity index (χ2n) is 5.40. The Kier molecular flexibility index (Phi) is 4.88. The van der Waals surface area contributed by atoms with Gasteiger partial charge in [-0.05, 0) is 25.1 Å². The smallest absolute Gasteiger partial charge is 0.365 e. The molecule has 0 fully saturated rings. The molecule has 134 valence electrons. The van der Waals surface area contributed by atoms with E-state index in [0.717, 1.165) is 0 Å². The van der Waals surface area contributed by atoms with Crippen molar-refractivity contribution in [3.63, 3.8) is 0 Å². The number of rotatable bonds is 5. The minimum absolute atomic E-state index is 0.0509. The maximum absolute atomic E-state index is 12.8. The normalized spacial score (nSPS) is 10.6. The van der Waals surface area contributed by atoms with Gasteiger partial charge in [0.15, 0.2) is 17.2 Å². The maximum Gasteiger partial charge on any atom is 0.365 e. The topological polar surface area (TPSA) is 79.7 Å². The molecule has 0 unspecified atom stereocenters. The Morgan fingerprint density at radius 3 is 2.19 bits per heavy atom. The van der Waals surface area contributed by atoms with Crippen LogP contribution in [0.1, 0.15) is 17.4 Å². The van der Waals surface area contributed by atoms with Crippen molar-refractivity contribution in [1.82, 2.24) is 9.78 Å². The third-order valence-electron chi connectivity index (χ3n) is 3.94. The molecule has 0 N–H and O–H groups in total. The van der Waals surface area contributed by atoms with Gasteiger partial charge in [-0.2, -0.15) is 5.10 Å². The van der Waals surface area contributed by atoms with Gasteiger partial charge in [0, 0.05) is 11.9 Å². The summed E-state index contributed by atoms with van der Waals surface area (Å²) in [5.41, 5.74) is -0.204. The van der Waals surface area contributed by atoms with Gasteiger partial charge in [0.05, 0.1) is 19.6 Å². The van der Waals surface area contributed by atoms with E-state index in [4.69, 9.17) is 14.2 Å². The summed E-state index contributed by atoms with van der Waals surface area (Å²) in [6.45, 7) is 2.11. The Labute approximate surface area is 149 Å². The van der Waals surface area contributed by atoms with Gasteiger partial charge in [-0.3, -0.25) is 4.79 Å². The highest BCUT2D eigenvalue weighted by Crippen LogP contribution is 2.37. The van der Waals surface area contributed by atoms with Crippen molar-refractivity contribution in [1.29, 1.82) is 0 Å².